The lowest BCUT2D eigenvalue weighted by Gasteiger charge is -2.24. The van der Waals surface area contributed by atoms with Crippen molar-refractivity contribution in [3.05, 3.63) is 34.9 Å². The van der Waals surface area contributed by atoms with E-state index in [2.05, 4.69) is 5.32 Å². The first kappa shape index (κ1) is 14.4. The molecule has 1 fully saturated rings. The van der Waals surface area contributed by atoms with Gasteiger partial charge < -0.3 is 15.2 Å². The van der Waals surface area contributed by atoms with Gasteiger partial charge in [0.2, 0.25) is 0 Å². The first-order chi connectivity index (χ1) is 8.91. The Morgan fingerprint density at radius 2 is 2.16 bits per heavy atom. The predicted octanol–water partition coefficient (Wildman–Crippen LogP) is 2.08. The zero-order valence-electron chi connectivity index (χ0n) is 11.2. The summed E-state index contributed by atoms with van der Waals surface area (Å²) in [7, 11) is 0. The van der Waals surface area contributed by atoms with E-state index in [0.29, 0.717) is 19.6 Å². The second-order valence-corrected chi connectivity index (χ2v) is 5.25. The average Bonchev–Trinajstić information content (AvgIpc) is 2.78. The van der Waals surface area contributed by atoms with E-state index in [1.54, 1.807) is 6.92 Å². The van der Waals surface area contributed by atoms with Crippen LogP contribution in [0.1, 0.15) is 30.5 Å². The maximum absolute atomic E-state index is 13.8. The van der Waals surface area contributed by atoms with E-state index in [4.69, 9.17) is 4.74 Å². The van der Waals surface area contributed by atoms with Gasteiger partial charge in [-0.05, 0) is 31.5 Å². The van der Waals surface area contributed by atoms with Gasteiger partial charge in [-0.25, -0.2) is 8.78 Å². The first-order valence-corrected chi connectivity index (χ1v) is 6.40. The topological polar surface area (TPSA) is 41.5 Å². The molecule has 1 aromatic carbocycles. The Labute approximate surface area is 111 Å². The van der Waals surface area contributed by atoms with Gasteiger partial charge in [0.05, 0.1) is 6.61 Å². The van der Waals surface area contributed by atoms with E-state index in [1.807, 2.05) is 0 Å². The number of hydrogen-bond acceptors (Lipinski definition) is 3. The second kappa shape index (κ2) is 5.53. The molecule has 0 bridgehead atoms. The number of nitrogens with one attached hydrogen (secondary N) is 1. The van der Waals surface area contributed by atoms with E-state index in [9.17, 15) is 13.9 Å². The molecule has 2 atom stereocenters. The van der Waals surface area contributed by atoms with Crippen LogP contribution < -0.4 is 5.32 Å². The monoisotopic (exact) mass is 271 g/mol. The lowest BCUT2D eigenvalue weighted by Crippen LogP contribution is -2.42. The molecular formula is C14H19F2NO2. The third kappa shape index (κ3) is 3.29. The fraction of sp³-hybridized carbons (Fsp3) is 0.571. The van der Waals surface area contributed by atoms with Gasteiger partial charge in [0.15, 0.2) is 0 Å². The van der Waals surface area contributed by atoms with Crippen LogP contribution in [0, 0.1) is 18.6 Å². The zero-order valence-corrected chi connectivity index (χ0v) is 11.2. The summed E-state index contributed by atoms with van der Waals surface area (Å²) in [4.78, 5) is 0. The fourth-order valence-electron chi connectivity index (χ4n) is 2.18. The first-order valence-electron chi connectivity index (χ1n) is 6.40. The SMILES string of the molecule is Cc1cc(F)c(C(C)NCC2(O)CCOC2)cc1F. The molecule has 1 aliphatic rings. The number of benzene rings is 1. The van der Waals surface area contributed by atoms with Crippen molar-refractivity contribution in [3.63, 3.8) is 0 Å². The van der Waals surface area contributed by atoms with Gasteiger partial charge in [0, 0.05) is 31.2 Å². The summed E-state index contributed by atoms with van der Waals surface area (Å²) in [5, 5.41) is 13.1. The van der Waals surface area contributed by atoms with Crippen LogP contribution in [0.15, 0.2) is 12.1 Å². The molecule has 0 amide bonds. The minimum atomic E-state index is -0.909. The summed E-state index contributed by atoms with van der Waals surface area (Å²) in [5.41, 5.74) is -0.351. The largest absolute Gasteiger partial charge is 0.386 e. The van der Waals surface area contributed by atoms with Gasteiger partial charge >= 0.3 is 0 Å². The molecule has 3 nitrogen and oxygen atoms in total. The van der Waals surface area contributed by atoms with Crippen LogP contribution in [0.2, 0.25) is 0 Å². The molecule has 2 unspecified atom stereocenters. The van der Waals surface area contributed by atoms with Crippen molar-refractivity contribution in [2.45, 2.75) is 31.9 Å². The molecule has 19 heavy (non-hydrogen) atoms. The van der Waals surface area contributed by atoms with Crippen LogP contribution in [0.4, 0.5) is 8.78 Å². The summed E-state index contributed by atoms with van der Waals surface area (Å²) < 4.78 is 32.4. The summed E-state index contributed by atoms with van der Waals surface area (Å²) in [5.74, 6) is -0.860. The van der Waals surface area contributed by atoms with Crippen molar-refractivity contribution in [1.29, 1.82) is 0 Å². The Kier molecular flexibility index (Phi) is 4.18. The van der Waals surface area contributed by atoms with E-state index < -0.39 is 17.2 Å². The van der Waals surface area contributed by atoms with Crippen molar-refractivity contribution in [3.8, 4) is 0 Å². The summed E-state index contributed by atoms with van der Waals surface area (Å²) in [6.07, 6.45) is 0.553. The predicted molar refractivity (Wildman–Crippen MR) is 67.9 cm³/mol. The van der Waals surface area contributed by atoms with E-state index in [-0.39, 0.29) is 23.8 Å². The van der Waals surface area contributed by atoms with Crippen LogP contribution in [-0.4, -0.2) is 30.5 Å². The minimum absolute atomic E-state index is 0.269. The standard InChI is InChI=1S/C14H19F2NO2/c1-9-5-13(16)11(6-12(9)15)10(2)17-7-14(18)3-4-19-8-14/h5-6,10,17-18H,3-4,7-8H2,1-2H3. The Balaban J connectivity index is 2.03. The average molecular weight is 271 g/mol. The van der Waals surface area contributed by atoms with Crippen LogP contribution in [0.5, 0.6) is 0 Å². The molecule has 0 spiro atoms. The van der Waals surface area contributed by atoms with Gasteiger partial charge in [-0.2, -0.15) is 0 Å². The summed E-state index contributed by atoms with van der Waals surface area (Å²) in [6, 6.07) is 2.02. The molecule has 1 heterocycles. The van der Waals surface area contributed by atoms with Crippen LogP contribution in [0.25, 0.3) is 0 Å². The third-order valence-electron chi connectivity index (χ3n) is 3.56. The van der Waals surface area contributed by atoms with Crippen LogP contribution in [-0.2, 0) is 4.74 Å². The van der Waals surface area contributed by atoms with E-state index >= 15 is 0 Å². The van der Waals surface area contributed by atoms with E-state index in [1.165, 1.54) is 19.1 Å². The molecule has 2 rings (SSSR count). The normalized spacial score (nSPS) is 24.7. The maximum Gasteiger partial charge on any atom is 0.128 e. The number of aryl methyl sites for hydroxylation is 1. The second-order valence-electron chi connectivity index (χ2n) is 5.25. The van der Waals surface area contributed by atoms with Gasteiger partial charge in [-0.1, -0.05) is 0 Å². The molecule has 106 valence electrons. The van der Waals surface area contributed by atoms with Gasteiger partial charge in [-0.15, -0.1) is 0 Å². The molecule has 5 heteroatoms. The highest BCUT2D eigenvalue weighted by Crippen LogP contribution is 2.22. The van der Waals surface area contributed by atoms with E-state index in [0.717, 1.165) is 0 Å². The number of rotatable bonds is 4. The third-order valence-corrected chi connectivity index (χ3v) is 3.56. The molecule has 0 aliphatic carbocycles. The Bertz CT molecular complexity index is 459. The molecule has 0 radical (unpaired) electrons. The minimum Gasteiger partial charge on any atom is -0.386 e. The summed E-state index contributed by atoms with van der Waals surface area (Å²) >= 11 is 0. The van der Waals surface area contributed by atoms with Crippen molar-refractivity contribution < 1.29 is 18.6 Å². The van der Waals surface area contributed by atoms with Crippen LogP contribution >= 0.6 is 0 Å². The lowest BCUT2D eigenvalue weighted by molar-refractivity contribution is 0.0251. The van der Waals surface area contributed by atoms with Crippen molar-refractivity contribution in [1.82, 2.24) is 5.32 Å². The molecule has 0 saturated carbocycles. The number of aliphatic hydroxyl groups is 1. The Hall–Kier alpha value is -1.04. The highest BCUT2D eigenvalue weighted by atomic mass is 19.1. The van der Waals surface area contributed by atoms with Crippen molar-refractivity contribution in [2.24, 2.45) is 0 Å². The molecule has 1 aliphatic heterocycles. The number of halogens is 2. The zero-order chi connectivity index (χ0) is 14.0. The lowest BCUT2D eigenvalue weighted by atomic mass is 10.0. The molecule has 1 aromatic rings. The number of ether oxygens (including phenoxy) is 1. The maximum atomic E-state index is 13.8. The number of hydrogen-bond donors (Lipinski definition) is 2. The van der Waals surface area contributed by atoms with Gasteiger partial charge in [-0.3, -0.25) is 0 Å². The Morgan fingerprint density at radius 3 is 2.79 bits per heavy atom. The van der Waals surface area contributed by atoms with Crippen molar-refractivity contribution >= 4 is 0 Å². The fourth-order valence-corrected chi connectivity index (χ4v) is 2.18. The highest BCUT2D eigenvalue weighted by Gasteiger charge is 2.32. The molecule has 1 saturated heterocycles. The highest BCUT2D eigenvalue weighted by molar-refractivity contribution is 5.27. The molecular weight excluding hydrogens is 252 g/mol. The smallest absolute Gasteiger partial charge is 0.128 e. The van der Waals surface area contributed by atoms with Gasteiger partial charge in [0.25, 0.3) is 0 Å². The summed E-state index contributed by atoms with van der Waals surface area (Å²) in [6.45, 7) is 4.37. The van der Waals surface area contributed by atoms with Crippen LogP contribution in [0.3, 0.4) is 0 Å². The quantitative estimate of drug-likeness (QED) is 0.881. The molecule has 0 aromatic heterocycles. The van der Waals surface area contributed by atoms with Crippen molar-refractivity contribution in [2.75, 3.05) is 19.8 Å². The Morgan fingerprint density at radius 1 is 1.42 bits per heavy atom. The van der Waals surface area contributed by atoms with Gasteiger partial charge in [0.1, 0.15) is 17.2 Å². The molecule has 2 N–H and O–H groups in total.